The minimum absolute atomic E-state index is 0.237. The fourth-order valence-corrected chi connectivity index (χ4v) is 2.79. The molecular weight excluding hydrogens is 302 g/mol. The maximum Gasteiger partial charge on any atom is 0.296 e. The molecule has 1 aromatic heterocycles. The predicted octanol–water partition coefficient (Wildman–Crippen LogP) is 2.29. The minimum atomic E-state index is -3.93. The van der Waals surface area contributed by atoms with Gasteiger partial charge in [0.25, 0.3) is 14.2 Å². The Morgan fingerprint density at radius 1 is 1.35 bits per heavy atom. The normalized spacial score (nSPS) is 11.6. The molecule has 0 aliphatic carbocycles. The average Bonchev–Trinajstić information content (AvgIpc) is 2.83. The Hall–Kier alpha value is -1.60. The van der Waals surface area contributed by atoms with Crippen LogP contribution in [0, 0.1) is 0 Å². The lowest BCUT2D eigenvalue weighted by atomic mass is 10.2. The van der Waals surface area contributed by atoms with E-state index in [1.165, 1.54) is 4.57 Å². The van der Waals surface area contributed by atoms with Crippen molar-refractivity contribution in [2.45, 2.75) is 25.0 Å². The zero-order chi connectivity index (χ0) is 14.8. The van der Waals surface area contributed by atoms with Crippen LogP contribution in [-0.2, 0) is 15.6 Å². The van der Waals surface area contributed by atoms with Crippen molar-refractivity contribution >= 4 is 19.7 Å². The molecule has 0 saturated heterocycles. The Kier molecular flexibility index (Phi) is 4.29. The molecule has 20 heavy (non-hydrogen) atoms. The van der Waals surface area contributed by atoms with Gasteiger partial charge in [-0.05, 0) is 18.6 Å². The Balaban J connectivity index is 2.59. The van der Waals surface area contributed by atoms with E-state index in [0.29, 0.717) is 18.1 Å². The zero-order valence-corrected chi connectivity index (χ0v) is 12.6. The number of hydrogen-bond acceptors (Lipinski definition) is 5. The first-order chi connectivity index (χ1) is 9.47. The molecule has 1 heterocycles. The monoisotopic (exact) mass is 315 g/mol. The number of nitrogens with zero attached hydrogens (tertiary/aromatic N) is 3. The summed E-state index contributed by atoms with van der Waals surface area (Å²) in [5.41, 5.74) is 0.719. The van der Waals surface area contributed by atoms with Crippen LogP contribution >= 0.6 is 10.7 Å². The molecule has 0 radical (unpaired) electrons. The van der Waals surface area contributed by atoms with Gasteiger partial charge in [0.1, 0.15) is 5.75 Å². The zero-order valence-electron chi connectivity index (χ0n) is 11.1. The van der Waals surface area contributed by atoms with Crippen LogP contribution in [0.3, 0.4) is 0 Å². The summed E-state index contributed by atoms with van der Waals surface area (Å²) in [5.74, 6) is 1.11. The highest BCUT2D eigenvalue weighted by Crippen LogP contribution is 2.25. The summed E-state index contributed by atoms with van der Waals surface area (Å²) < 4.78 is 29.7. The largest absolute Gasteiger partial charge is 0.497 e. The highest BCUT2D eigenvalue weighted by molar-refractivity contribution is 8.13. The second kappa shape index (κ2) is 5.80. The third-order valence-electron chi connectivity index (χ3n) is 2.71. The van der Waals surface area contributed by atoms with Crippen molar-refractivity contribution in [3.8, 4) is 17.1 Å². The molecule has 6 nitrogen and oxygen atoms in total. The highest BCUT2D eigenvalue weighted by Gasteiger charge is 2.22. The van der Waals surface area contributed by atoms with E-state index in [9.17, 15) is 8.42 Å². The lowest BCUT2D eigenvalue weighted by Crippen LogP contribution is -2.07. The molecular formula is C12H14ClN3O3S. The first-order valence-electron chi connectivity index (χ1n) is 5.99. The average molecular weight is 316 g/mol. The molecule has 2 aromatic rings. The van der Waals surface area contributed by atoms with E-state index in [2.05, 4.69) is 10.2 Å². The quantitative estimate of drug-likeness (QED) is 0.791. The van der Waals surface area contributed by atoms with Crippen molar-refractivity contribution in [2.24, 2.45) is 0 Å². The fourth-order valence-electron chi connectivity index (χ4n) is 1.87. The van der Waals surface area contributed by atoms with Crippen LogP contribution in [0.2, 0.25) is 0 Å². The molecule has 108 valence electrons. The molecule has 2 rings (SSSR count). The van der Waals surface area contributed by atoms with Gasteiger partial charge >= 0.3 is 0 Å². The van der Waals surface area contributed by atoms with Crippen LogP contribution in [0.4, 0.5) is 0 Å². The smallest absolute Gasteiger partial charge is 0.296 e. The summed E-state index contributed by atoms with van der Waals surface area (Å²) in [6, 6.07) is 7.17. The van der Waals surface area contributed by atoms with Gasteiger partial charge in [-0.15, -0.1) is 10.2 Å². The minimum Gasteiger partial charge on any atom is -0.497 e. The van der Waals surface area contributed by atoms with Crippen LogP contribution in [0.1, 0.15) is 13.3 Å². The van der Waals surface area contributed by atoms with Gasteiger partial charge in [-0.2, -0.15) is 0 Å². The second-order valence-corrected chi connectivity index (χ2v) is 6.59. The van der Waals surface area contributed by atoms with E-state index in [4.69, 9.17) is 15.4 Å². The van der Waals surface area contributed by atoms with Gasteiger partial charge in [-0.25, -0.2) is 8.42 Å². The van der Waals surface area contributed by atoms with Crippen molar-refractivity contribution in [1.82, 2.24) is 14.8 Å². The van der Waals surface area contributed by atoms with Crippen LogP contribution < -0.4 is 4.74 Å². The molecule has 0 fully saturated rings. The second-order valence-electron chi connectivity index (χ2n) is 4.13. The van der Waals surface area contributed by atoms with Gasteiger partial charge in [0.15, 0.2) is 5.82 Å². The SMILES string of the molecule is CCCn1c(-c2cccc(OC)c2)nnc1S(=O)(=O)Cl. The van der Waals surface area contributed by atoms with Gasteiger partial charge < -0.3 is 4.74 Å². The highest BCUT2D eigenvalue weighted by atomic mass is 35.7. The van der Waals surface area contributed by atoms with Gasteiger partial charge in [0, 0.05) is 22.8 Å². The molecule has 0 atom stereocenters. The summed E-state index contributed by atoms with van der Waals surface area (Å²) in [6.45, 7) is 2.39. The van der Waals surface area contributed by atoms with Crippen LogP contribution in [-0.4, -0.2) is 30.3 Å². The van der Waals surface area contributed by atoms with E-state index in [0.717, 1.165) is 12.0 Å². The third kappa shape index (κ3) is 2.94. The third-order valence-corrected chi connectivity index (χ3v) is 3.86. The van der Waals surface area contributed by atoms with Crippen molar-refractivity contribution in [1.29, 1.82) is 0 Å². The standard InChI is InChI=1S/C12H14ClN3O3S/c1-3-7-16-11(14-15-12(16)20(13,17)18)9-5-4-6-10(8-9)19-2/h4-6,8H,3,7H2,1-2H3. The molecule has 0 spiro atoms. The molecule has 0 bridgehead atoms. The van der Waals surface area contributed by atoms with Gasteiger partial charge in [-0.1, -0.05) is 19.1 Å². The number of benzene rings is 1. The molecule has 0 saturated carbocycles. The van der Waals surface area contributed by atoms with E-state index < -0.39 is 9.05 Å². The van der Waals surface area contributed by atoms with Crippen molar-refractivity contribution in [3.05, 3.63) is 24.3 Å². The van der Waals surface area contributed by atoms with Gasteiger partial charge in [0.2, 0.25) is 0 Å². The van der Waals surface area contributed by atoms with Crippen molar-refractivity contribution in [2.75, 3.05) is 7.11 Å². The Morgan fingerprint density at radius 2 is 2.10 bits per heavy atom. The number of ether oxygens (including phenoxy) is 1. The van der Waals surface area contributed by atoms with Crippen molar-refractivity contribution < 1.29 is 13.2 Å². The molecule has 8 heteroatoms. The van der Waals surface area contributed by atoms with E-state index in [1.54, 1.807) is 25.3 Å². The van der Waals surface area contributed by atoms with Gasteiger partial charge in [0.05, 0.1) is 7.11 Å². The van der Waals surface area contributed by atoms with Crippen LogP contribution in [0.15, 0.2) is 29.4 Å². The summed E-state index contributed by atoms with van der Waals surface area (Å²) >= 11 is 0. The first-order valence-corrected chi connectivity index (χ1v) is 8.30. The Morgan fingerprint density at radius 3 is 2.70 bits per heavy atom. The number of aromatic nitrogens is 3. The Bertz CT molecular complexity index is 712. The summed E-state index contributed by atoms with van der Waals surface area (Å²) in [4.78, 5) is 0. The number of rotatable bonds is 5. The van der Waals surface area contributed by atoms with E-state index in [1.807, 2.05) is 13.0 Å². The molecule has 0 amide bonds. The fraction of sp³-hybridized carbons (Fsp3) is 0.333. The number of halogens is 1. The number of hydrogen-bond donors (Lipinski definition) is 0. The van der Waals surface area contributed by atoms with Crippen LogP contribution in [0.25, 0.3) is 11.4 Å². The lowest BCUT2D eigenvalue weighted by molar-refractivity contribution is 0.415. The molecule has 1 aromatic carbocycles. The topological polar surface area (TPSA) is 74.1 Å². The lowest BCUT2D eigenvalue weighted by Gasteiger charge is -2.08. The summed E-state index contributed by atoms with van der Waals surface area (Å²) in [7, 11) is 3.01. The first kappa shape index (κ1) is 14.8. The van der Waals surface area contributed by atoms with Gasteiger partial charge in [-0.3, -0.25) is 4.57 Å². The maximum absolute atomic E-state index is 11.5. The van der Waals surface area contributed by atoms with Crippen LogP contribution in [0.5, 0.6) is 5.75 Å². The van der Waals surface area contributed by atoms with E-state index >= 15 is 0 Å². The van der Waals surface area contributed by atoms with Crippen molar-refractivity contribution in [3.63, 3.8) is 0 Å². The summed E-state index contributed by atoms with van der Waals surface area (Å²) in [5, 5.41) is 7.39. The molecule has 0 aliphatic heterocycles. The molecule has 0 unspecified atom stereocenters. The predicted molar refractivity (Wildman–Crippen MR) is 75.3 cm³/mol. The Labute approximate surface area is 121 Å². The van der Waals surface area contributed by atoms with E-state index in [-0.39, 0.29) is 5.16 Å². The number of methoxy groups -OCH3 is 1. The molecule has 0 N–H and O–H groups in total. The molecule has 0 aliphatic rings. The summed E-state index contributed by atoms with van der Waals surface area (Å²) in [6.07, 6.45) is 0.731. The maximum atomic E-state index is 11.5.